The molecule has 19 heavy (non-hydrogen) atoms. The van der Waals surface area contributed by atoms with E-state index in [1.807, 2.05) is 0 Å². The Balaban J connectivity index is 2.53. The van der Waals surface area contributed by atoms with Crippen LogP contribution in [-0.2, 0) is 4.79 Å². The Hall–Kier alpha value is -2.82. The number of ether oxygens (including phenoxy) is 1. The molecule has 2 amide bonds. The van der Waals surface area contributed by atoms with Crippen LogP contribution in [0.4, 0.5) is 10.5 Å². The third kappa shape index (κ3) is 2.71. The molecular weight excluding hydrogens is 244 g/mol. The zero-order chi connectivity index (χ0) is 13.8. The number of nitrogens with two attached hydrogens (primary N) is 1. The standard InChI is InChI=1S/C14H12N2O3/c1-2-13(17)19-12-8-4-5-9-10(12)6-3-7-11(9)16-14(15)18/h2-8H,1H2,(H3,15,16,18). The molecule has 0 bridgehead atoms. The molecule has 0 heterocycles. The van der Waals surface area contributed by atoms with Crippen molar-refractivity contribution in [2.24, 2.45) is 5.73 Å². The summed E-state index contributed by atoms with van der Waals surface area (Å²) in [5.41, 5.74) is 5.66. The number of carbonyl (C=O) groups is 2. The Bertz CT molecular complexity index is 665. The molecular formula is C14H12N2O3. The average molecular weight is 256 g/mol. The highest BCUT2D eigenvalue weighted by atomic mass is 16.5. The smallest absolute Gasteiger partial charge is 0.335 e. The van der Waals surface area contributed by atoms with E-state index in [4.69, 9.17) is 10.5 Å². The van der Waals surface area contributed by atoms with Crippen molar-refractivity contribution in [3.8, 4) is 5.75 Å². The fraction of sp³-hybridized carbons (Fsp3) is 0. The Morgan fingerprint density at radius 3 is 2.53 bits per heavy atom. The first-order valence-electron chi connectivity index (χ1n) is 5.54. The van der Waals surface area contributed by atoms with Crippen LogP contribution >= 0.6 is 0 Å². The number of anilines is 1. The second-order valence-corrected chi connectivity index (χ2v) is 3.77. The fourth-order valence-corrected chi connectivity index (χ4v) is 1.76. The lowest BCUT2D eigenvalue weighted by Crippen LogP contribution is -2.19. The third-order valence-corrected chi connectivity index (χ3v) is 2.52. The minimum atomic E-state index is -0.652. The topological polar surface area (TPSA) is 81.4 Å². The lowest BCUT2D eigenvalue weighted by Gasteiger charge is -2.10. The van der Waals surface area contributed by atoms with E-state index in [0.29, 0.717) is 16.8 Å². The summed E-state index contributed by atoms with van der Waals surface area (Å²) in [5, 5.41) is 3.95. The maximum absolute atomic E-state index is 11.3. The predicted molar refractivity (Wildman–Crippen MR) is 73.0 cm³/mol. The highest BCUT2D eigenvalue weighted by molar-refractivity contribution is 6.04. The van der Waals surface area contributed by atoms with Crippen molar-refractivity contribution in [3.63, 3.8) is 0 Å². The number of nitrogens with one attached hydrogen (secondary N) is 1. The molecule has 0 aliphatic rings. The van der Waals surface area contributed by atoms with Gasteiger partial charge in [-0.3, -0.25) is 0 Å². The van der Waals surface area contributed by atoms with E-state index >= 15 is 0 Å². The number of esters is 1. The van der Waals surface area contributed by atoms with Crippen LogP contribution < -0.4 is 15.8 Å². The van der Waals surface area contributed by atoms with E-state index in [9.17, 15) is 9.59 Å². The van der Waals surface area contributed by atoms with Crippen molar-refractivity contribution in [2.75, 3.05) is 5.32 Å². The van der Waals surface area contributed by atoms with Gasteiger partial charge in [0.1, 0.15) is 5.75 Å². The monoisotopic (exact) mass is 256 g/mol. The van der Waals surface area contributed by atoms with Crippen molar-refractivity contribution in [3.05, 3.63) is 49.1 Å². The van der Waals surface area contributed by atoms with Gasteiger partial charge in [-0.15, -0.1) is 0 Å². The fourth-order valence-electron chi connectivity index (χ4n) is 1.76. The summed E-state index contributed by atoms with van der Waals surface area (Å²) in [7, 11) is 0. The van der Waals surface area contributed by atoms with E-state index in [-0.39, 0.29) is 0 Å². The SMILES string of the molecule is C=CC(=O)Oc1cccc2c(NC(N)=O)cccc12. The number of hydrogen-bond donors (Lipinski definition) is 2. The normalized spacial score (nSPS) is 9.89. The highest BCUT2D eigenvalue weighted by Crippen LogP contribution is 2.30. The number of rotatable bonds is 3. The summed E-state index contributed by atoms with van der Waals surface area (Å²) in [6.45, 7) is 3.35. The molecule has 0 aliphatic heterocycles. The van der Waals surface area contributed by atoms with Crippen molar-refractivity contribution >= 4 is 28.5 Å². The molecule has 2 aromatic carbocycles. The molecule has 0 aliphatic carbocycles. The largest absolute Gasteiger partial charge is 0.423 e. The summed E-state index contributed by atoms with van der Waals surface area (Å²) in [6, 6.07) is 9.77. The first-order chi connectivity index (χ1) is 9.11. The van der Waals surface area contributed by atoms with Crippen LogP contribution in [0.3, 0.4) is 0 Å². The van der Waals surface area contributed by atoms with E-state index in [0.717, 1.165) is 11.5 Å². The number of primary amides is 1. The molecule has 0 saturated heterocycles. The summed E-state index contributed by atoms with van der Waals surface area (Å²) >= 11 is 0. The van der Waals surface area contributed by atoms with E-state index in [1.165, 1.54) is 0 Å². The quantitative estimate of drug-likeness (QED) is 0.502. The van der Waals surface area contributed by atoms with Gasteiger partial charge in [0.15, 0.2) is 0 Å². The highest BCUT2D eigenvalue weighted by Gasteiger charge is 2.08. The number of carbonyl (C=O) groups excluding carboxylic acids is 2. The molecule has 3 N–H and O–H groups in total. The maximum Gasteiger partial charge on any atom is 0.335 e. The minimum absolute atomic E-state index is 0.399. The number of hydrogen-bond acceptors (Lipinski definition) is 3. The Morgan fingerprint density at radius 2 is 1.84 bits per heavy atom. The van der Waals surface area contributed by atoms with Crippen molar-refractivity contribution in [1.29, 1.82) is 0 Å². The average Bonchev–Trinajstić information content (AvgIpc) is 2.39. The second-order valence-electron chi connectivity index (χ2n) is 3.77. The van der Waals surface area contributed by atoms with Gasteiger partial charge in [0.25, 0.3) is 0 Å². The molecule has 5 nitrogen and oxygen atoms in total. The summed E-state index contributed by atoms with van der Waals surface area (Å²) in [5.74, 6) is -0.142. The Labute approximate surface area is 109 Å². The van der Waals surface area contributed by atoms with Crippen LogP contribution in [-0.4, -0.2) is 12.0 Å². The summed E-state index contributed by atoms with van der Waals surface area (Å²) in [4.78, 5) is 22.2. The molecule has 0 aromatic heterocycles. The molecule has 0 atom stereocenters. The molecule has 5 heteroatoms. The van der Waals surface area contributed by atoms with Crippen LogP contribution in [0.25, 0.3) is 10.8 Å². The number of amides is 2. The summed E-state index contributed by atoms with van der Waals surface area (Å²) in [6.07, 6.45) is 1.09. The van der Waals surface area contributed by atoms with E-state index in [1.54, 1.807) is 36.4 Å². The lowest BCUT2D eigenvalue weighted by molar-refractivity contribution is -0.128. The van der Waals surface area contributed by atoms with E-state index in [2.05, 4.69) is 11.9 Å². The van der Waals surface area contributed by atoms with Gasteiger partial charge in [-0.1, -0.05) is 30.8 Å². The van der Waals surface area contributed by atoms with Gasteiger partial charge in [-0.2, -0.15) is 0 Å². The van der Waals surface area contributed by atoms with Crippen LogP contribution in [0.2, 0.25) is 0 Å². The first-order valence-corrected chi connectivity index (χ1v) is 5.54. The summed E-state index contributed by atoms with van der Waals surface area (Å²) < 4.78 is 5.14. The zero-order valence-electron chi connectivity index (χ0n) is 10.1. The van der Waals surface area contributed by atoms with Crippen LogP contribution in [0.15, 0.2) is 49.1 Å². The Kier molecular flexibility index (Phi) is 3.47. The van der Waals surface area contributed by atoms with Gasteiger partial charge in [0, 0.05) is 16.8 Å². The molecule has 2 rings (SSSR count). The van der Waals surface area contributed by atoms with Crippen molar-refractivity contribution in [2.45, 2.75) is 0 Å². The zero-order valence-corrected chi connectivity index (χ0v) is 10.1. The molecule has 2 aromatic rings. The van der Waals surface area contributed by atoms with Gasteiger partial charge < -0.3 is 15.8 Å². The van der Waals surface area contributed by atoms with Crippen LogP contribution in [0.1, 0.15) is 0 Å². The van der Waals surface area contributed by atoms with Crippen molar-refractivity contribution in [1.82, 2.24) is 0 Å². The first kappa shape index (κ1) is 12.6. The van der Waals surface area contributed by atoms with Crippen LogP contribution in [0.5, 0.6) is 5.75 Å². The molecule has 0 spiro atoms. The van der Waals surface area contributed by atoms with Gasteiger partial charge in [-0.05, 0) is 12.1 Å². The minimum Gasteiger partial charge on any atom is -0.423 e. The van der Waals surface area contributed by atoms with Gasteiger partial charge in [0.05, 0.1) is 5.69 Å². The molecule has 0 unspecified atom stereocenters. The van der Waals surface area contributed by atoms with Crippen molar-refractivity contribution < 1.29 is 14.3 Å². The third-order valence-electron chi connectivity index (χ3n) is 2.52. The van der Waals surface area contributed by atoms with Crippen LogP contribution in [0, 0.1) is 0 Å². The molecule has 0 saturated carbocycles. The Morgan fingerprint density at radius 1 is 1.16 bits per heavy atom. The molecule has 96 valence electrons. The molecule has 0 radical (unpaired) electrons. The van der Waals surface area contributed by atoms with E-state index < -0.39 is 12.0 Å². The second kappa shape index (κ2) is 5.22. The lowest BCUT2D eigenvalue weighted by atomic mass is 10.1. The number of fused-ring (bicyclic) bond motifs is 1. The van der Waals surface area contributed by atoms with Gasteiger partial charge in [0.2, 0.25) is 0 Å². The maximum atomic E-state index is 11.3. The predicted octanol–water partition coefficient (Wildman–Crippen LogP) is 2.42. The van der Waals surface area contributed by atoms with Gasteiger partial charge >= 0.3 is 12.0 Å². The molecule has 0 fully saturated rings. The number of urea groups is 1. The number of benzene rings is 2. The van der Waals surface area contributed by atoms with Gasteiger partial charge in [-0.25, -0.2) is 9.59 Å².